The van der Waals surface area contributed by atoms with E-state index in [9.17, 15) is 13.2 Å². The van der Waals surface area contributed by atoms with Crippen LogP contribution < -0.4 is 19.2 Å². The Morgan fingerprint density at radius 1 is 1.07 bits per heavy atom. The zero-order chi connectivity index (χ0) is 21.4. The lowest BCUT2D eigenvalue weighted by molar-refractivity contribution is 0.0955. The molecule has 0 aliphatic rings. The summed E-state index contributed by atoms with van der Waals surface area (Å²) in [5.41, 5.74) is 4.00. The normalized spacial score (nSPS) is 11.3. The molecule has 0 fully saturated rings. The number of hydrazone groups is 1. The van der Waals surface area contributed by atoms with E-state index in [1.807, 2.05) is 13.8 Å². The summed E-state index contributed by atoms with van der Waals surface area (Å²) in [5, 5.41) is 3.96. The molecule has 0 atom stereocenters. The van der Waals surface area contributed by atoms with Crippen molar-refractivity contribution in [2.24, 2.45) is 5.10 Å². The van der Waals surface area contributed by atoms with Crippen molar-refractivity contribution in [3.63, 3.8) is 0 Å². The molecule has 0 heterocycles. The Morgan fingerprint density at radius 3 is 2.28 bits per heavy atom. The Hall–Kier alpha value is -3.07. The molecule has 0 spiro atoms. The van der Waals surface area contributed by atoms with Crippen LogP contribution in [0.2, 0.25) is 0 Å². The number of carbonyl (C=O) groups excluding carboxylic acids is 1. The second kappa shape index (κ2) is 9.92. The van der Waals surface area contributed by atoms with E-state index in [0.29, 0.717) is 36.0 Å². The average Bonchev–Trinajstić information content (AvgIpc) is 2.69. The summed E-state index contributed by atoms with van der Waals surface area (Å²) in [7, 11) is -1.91. The zero-order valence-corrected chi connectivity index (χ0v) is 17.7. The van der Waals surface area contributed by atoms with Crippen LogP contribution in [0, 0.1) is 0 Å². The number of rotatable bonds is 9. The van der Waals surface area contributed by atoms with Crippen molar-refractivity contribution in [1.82, 2.24) is 5.43 Å². The Morgan fingerprint density at radius 2 is 1.69 bits per heavy atom. The fraction of sp³-hybridized carbons (Fsp3) is 0.300. The maximum Gasteiger partial charge on any atom is 0.271 e. The first-order chi connectivity index (χ1) is 13.8. The van der Waals surface area contributed by atoms with Crippen molar-refractivity contribution in [3.05, 3.63) is 53.6 Å². The van der Waals surface area contributed by atoms with E-state index in [1.165, 1.54) is 25.4 Å². The molecule has 9 heteroatoms. The minimum absolute atomic E-state index is 0.356. The molecule has 2 rings (SSSR count). The van der Waals surface area contributed by atoms with Crippen LogP contribution in [0.15, 0.2) is 47.6 Å². The van der Waals surface area contributed by atoms with Gasteiger partial charge >= 0.3 is 0 Å². The summed E-state index contributed by atoms with van der Waals surface area (Å²) >= 11 is 0. The molecule has 8 nitrogen and oxygen atoms in total. The van der Waals surface area contributed by atoms with E-state index in [0.717, 1.165) is 16.1 Å². The fourth-order valence-electron chi connectivity index (χ4n) is 2.39. The number of hydrogen-bond acceptors (Lipinski definition) is 6. The molecule has 2 aromatic carbocycles. The highest BCUT2D eigenvalue weighted by Crippen LogP contribution is 2.28. The van der Waals surface area contributed by atoms with Gasteiger partial charge in [-0.15, -0.1) is 0 Å². The Bertz CT molecular complexity index is 972. The molecule has 156 valence electrons. The monoisotopic (exact) mass is 419 g/mol. The van der Waals surface area contributed by atoms with Crippen molar-refractivity contribution in [1.29, 1.82) is 0 Å². The molecule has 0 radical (unpaired) electrons. The summed E-state index contributed by atoms with van der Waals surface area (Å²) < 4.78 is 35.3. The SMILES string of the molecule is CCOc1ccc(/C=N\NC(=O)c2ccc(N(C)S(C)(=O)=O)cc2)cc1OCC. The van der Waals surface area contributed by atoms with Crippen LogP contribution in [-0.2, 0) is 10.0 Å². The van der Waals surface area contributed by atoms with E-state index < -0.39 is 15.9 Å². The summed E-state index contributed by atoms with van der Waals surface area (Å²) in [5.74, 6) is 0.843. The minimum atomic E-state index is -3.36. The van der Waals surface area contributed by atoms with Gasteiger partial charge in [-0.3, -0.25) is 9.10 Å². The van der Waals surface area contributed by atoms with Gasteiger partial charge in [0.2, 0.25) is 10.0 Å². The van der Waals surface area contributed by atoms with Crippen LogP contribution in [0.25, 0.3) is 0 Å². The van der Waals surface area contributed by atoms with E-state index in [2.05, 4.69) is 10.5 Å². The molecule has 0 aliphatic carbocycles. The number of sulfonamides is 1. The van der Waals surface area contributed by atoms with Crippen molar-refractivity contribution in [3.8, 4) is 11.5 Å². The van der Waals surface area contributed by atoms with Crippen molar-refractivity contribution in [2.45, 2.75) is 13.8 Å². The topological polar surface area (TPSA) is 97.3 Å². The lowest BCUT2D eigenvalue weighted by atomic mass is 10.2. The molecule has 0 saturated heterocycles. The molecule has 0 saturated carbocycles. The van der Waals surface area contributed by atoms with Gasteiger partial charge in [-0.1, -0.05) is 0 Å². The molecule has 0 aliphatic heterocycles. The van der Waals surface area contributed by atoms with Crippen LogP contribution in [0.3, 0.4) is 0 Å². The maximum absolute atomic E-state index is 12.2. The molecular formula is C20H25N3O5S. The molecule has 1 amide bonds. The number of anilines is 1. The van der Waals surface area contributed by atoms with Gasteiger partial charge in [0.05, 0.1) is 31.4 Å². The first-order valence-corrected chi connectivity index (χ1v) is 10.9. The van der Waals surface area contributed by atoms with Crippen molar-refractivity contribution in [2.75, 3.05) is 30.8 Å². The minimum Gasteiger partial charge on any atom is -0.490 e. The molecule has 0 bridgehead atoms. The van der Waals surface area contributed by atoms with Crippen molar-refractivity contribution >= 4 is 27.8 Å². The van der Waals surface area contributed by atoms with Gasteiger partial charge in [-0.2, -0.15) is 5.10 Å². The fourth-order valence-corrected chi connectivity index (χ4v) is 2.90. The number of carbonyl (C=O) groups is 1. The molecule has 29 heavy (non-hydrogen) atoms. The van der Waals surface area contributed by atoms with Gasteiger partial charge in [-0.05, 0) is 61.9 Å². The van der Waals surface area contributed by atoms with Crippen molar-refractivity contribution < 1.29 is 22.7 Å². The van der Waals surface area contributed by atoms with Crippen LogP contribution in [0.5, 0.6) is 11.5 Å². The number of benzene rings is 2. The zero-order valence-electron chi connectivity index (χ0n) is 16.9. The first-order valence-electron chi connectivity index (χ1n) is 9.03. The summed E-state index contributed by atoms with van der Waals surface area (Å²) in [6.45, 7) is 4.81. The lowest BCUT2D eigenvalue weighted by Crippen LogP contribution is -2.25. The third-order valence-electron chi connectivity index (χ3n) is 3.94. The average molecular weight is 420 g/mol. The number of amides is 1. The molecule has 0 unspecified atom stereocenters. The Kier molecular flexibility index (Phi) is 7.60. The van der Waals surface area contributed by atoms with E-state index >= 15 is 0 Å². The third-order valence-corrected chi connectivity index (χ3v) is 5.14. The highest BCUT2D eigenvalue weighted by molar-refractivity contribution is 7.92. The number of ether oxygens (including phenoxy) is 2. The number of nitrogens with one attached hydrogen (secondary N) is 1. The quantitative estimate of drug-likeness (QED) is 0.498. The van der Waals surface area contributed by atoms with E-state index in [-0.39, 0.29) is 0 Å². The van der Waals surface area contributed by atoms with Crippen LogP contribution in [-0.4, -0.2) is 47.1 Å². The third kappa shape index (κ3) is 6.21. The summed E-state index contributed by atoms with van der Waals surface area (Å²) in [4.78, 5) is 12.2. The van der Waals surface area contributed by atoms with Gasteiger partial charge < -0.3 is 9.47 Å². The van der Waals surface area contributed by atoms with Gasteiger partial charge in [0, 0.05) is 12.6 Å². The Balaban J connectivity index is 2.05. The second-order valence-electron chi connectivity index (χ2n) is 6.05. The Labute approximate surface area is 171 Å². The van der Waals surface area contributed by atoms with E-state index in [4.69, 9.17) is 9.47 Å². The molecule has 2 aromatic rings. The molecular weight excluding hydrogens is 394 g/mol. The molecule has 1 N–H and O–H groups in total. The summed E-state index contributed by atoms with van der Waals surface area (Å²) in [6.07, 6.45) is 2.61. The predicted octanol–water partition coefficient (Wildman–Crippen LogP) is 2.64. The van der Waals surface area contributed by atoms with Gasteiger partial charge in [0.25, 0.3) is 5.91 Å². The first kappa shape index (κ1) is 22.2. The standard InChI is InChI=1S/C20H25N3O5S/c1-5-27-18-12-7-15(13-19(18)28-6-2)14-21-22-20(24)16-8-10-17(11-9-16)23(3)29(4,25)26/h7-14H,5-6H2,1-4H3,(H,22,24)/b21-14-. The van der Waals surface area contributed by atoms with Crippen LogP contribution in [0.4, 0.5) is 5.69 Å². The van der Waals surface area contributed by atoms with Gasteiger partial charge in [0.1, 0.15) is 0 Å². The number of hydrogen-bond donors (Lipinski definition) is 1. The van der Waals surface area contributed by atoms with Crippen LogP contribution in [0.1, 0.15) is 29.8 Å². The highest BCUT2D eigenvalue weighted by Gasteiger charge is 2.12. The molecule has 0 aromatic heterocycles. The van der Waals surface area contributed by atoms with Gasteiger partial charge in [-0.25, -0.2) is 13.8 Å². The largest absolute Gasteiger partial charge is 0.490 e. The van der Waals surface area contributed by atoms with E-state index in [1.54, 1.807) is 30.3 Å². The van der Waals surface area contributed by atoms with Gasteiger partial charge in [0.15, 0.2) is 11.5 Å². The highest BCUT2D eigenvalue weighted by atomic mass is 32.2. The smallest absolute Gasteiger partial charge is 0.271 e. The second-order valence-corrected chi connectivity index (χ2v) is 8.06. The number of nitrogens with zero attached hydrogens (tertiary/aromatic N) is 2. The lowest BCUT2D eigenvalue weighted by Gasteiger charge is -2.16. The predicted molar refractivity (Wildman–Crippen MR) is 114 cm³/mol. The summed E-state index contributed by atoms with van der Waals surface area (Å²) in [6, 6.07) is 11.5. The van der Waals surface area contributed by atoms with Crippen LogP contribution >= 0.6 is 0 Å². The maximum atomic E-state index is 12.2.